The molecule has 28 heavy (non-hydrogen) atoms. The predicted molar refractivity (Wildman–Crippen MR) is 112 cm³/mol. The van der Waals surface area contributed by atoms with Crippen molar-refractivity contribution >= 4 is 23.2 Å². The Kier molecular flexibility index (Phi) is 4.70. The van der Waals surface area contributed by atoms with E-state index in [1.807, 2.05) is 72.8 Å². The second-order valence-corrected chi connectivity index (χ2v) is 7.33. The molecule has 0 bridgehead atoms. The van der Waals surface area contributed by atoms with Crippen LogP contribution in [-0.4, -0.2) is 11.8 Å². The average molecular weight is 370 g/mol. The summed E-state index contributed by atoms with van der Waals surface area (Å²) in [5, 5.41) is 2.91. The minimum absolute atomic E-state index is 0.0117. The molecule has 4 rings (SSSR count). The van der Waals surface area contributed by atoms with E-state index in [9.17, 15) is 9.59 Å². The van der Waals surface area contributed by atoms with Gasteiger partial charge in [-0.3, -0.25) is 9.59 Å². The highest BCUT2D eigenvalue weighted by molar-refractivity contribution is 6.10. The average Bonchev–Trinajstić information content (AvgIpc) is 3.05. The number of hydrogen-bond acceptors (Lipinski definition) is 2. The number of carbonyl (C=O) groups excluding carboxylic acids is 2. The van der Waals surface area contributed by atoms with E-state index >= 15 is 0 Å². The van der Waals surface area contributed by atoms with E-state index in [1.165, 1.54) is 5.56 Å². The highest BCUT2D eigenvalue weighted by Crippen LogP contribution is 2.29. The first-order valence-electron chi connectivity index (χ1n) is 9.44. The quantitative estimate of drug-likeness (QED) is 0.684. The molecule has 2 amide bonds. The molecule has 0 spiro atoms. The highest BCUT2D eigenvalue weighted by atomic mass is 16.2. The molecule has 0 aliphatic carbocycles. The van der Waals surface area contributed by atoms with Gasteiger partial charge in [0.15, 0.2) is 0 Å². The second-order valence-electron chi connectivity index (χ2n) is 7.33. The third-order valence-corrected chi connectivity index (χ3v) is 5.10. The monoisotopic (exact) mass is 370 g/mol. The summed E-state index contributed by atoms with van der Waals surface area (Å²) in [7, 11) is 0. The number of amides is 2. The van der Waals surface area contributed by atoms with Crippen molar-refractivity contribution in [3.8, 4) is 0 Å². The van der Waals surface area contributed by atoms with Gasteiger partial charge in [0, 0.05) is 22.5 Å². The molecular formula is C24H22N2O2. The summed E-state index contributed by atoms with van der Waals surface area (Å²) in [6.45, 7) is 4.82. The molecule has 1 aliphatic rings. The Morgan fingerprint density at radius 1 is 0.929 bits per heavy atom. The summed E-state index contributed by atoms with van der Waals surface area (Å²) >= 11 is 0. The summed E-state index contributed by atoms with van der Waals surface area (Å²) in [5.41, 5.74) is 5.14. The Morgan fingerprint density at radius 2 is 1.61 bits per heavy atom. The lowest BCUT2D eigenvalue weighted by Crippen LogP contribution is -2.22. The predicted octanol–water partition coefficient (Wildman–Crippen LogP) is 5.22. The van der Waals surface area contributed by atoms with Crippen LogP contribution in [0.25, 0.3) is 0 Å². The largest absolute Gasteiger partial charge is 0.322 e. The summed E-state index contributed by atoms with van der Waals surface area (Å²) in [4.78, 5) is 26.8. The maximum absolute atomic E-state index is 12.6. The lowest BCUT2D eigenvalue weighted by molar-refractivity contribution is 0.0994. The number of carbonyl (C=O) groups is 2. The van der Waals surface area contributed by atoms with Gasteiger partial charge in [0.2, 0.25) is 0 Å². The SMILES string of the molecule is CC(C)c1ccc(C(=O)Nc2ccc(N3Cc4ccccc4C3=O)cc2)cc1. The zero-order valence-corrected chi connectivity index (χ0v) is 16.0. The Morgan fingerprint density at radius 3 is 2.25 bits per heavy atom. The fourth-order valence-corrected chi connectivity index (χ4v) is 3.41. The van der Waals surface area contributed by atoms with Crippen molar-refractivity contribution < 1.29 is 9.59 Å². The molecule has 3 aromatic rings. The molecule has 3 aromatic carbocycles. The van der Waals surface area contributed by atoms with Crippen molar-refractivity contribution in [2.45, 2.75) is 26.3 Å². The summed E-state index contributed by atoms with van der Waals surface area (Å²) in [6.07, 6.45) is 0. The smallest absolute Gasteiger partial charge is 0.258 e. The fourth-order valence-electron chi connectivity index (χ4n) is 3.41. The van der Waals surface area contributed by atoms with E-state index in [0.717, 1.165) is 16.8 Å². The van der Waals surface area contributed by atoms with E-state index in [0.29, 0.717) is 23.7 Å². The molecule has 0 fully saturated rings. The standard InChI is InChI=1S/C24H22N2O2/c1-16(2)17-7-9-18(10-8-17)23(27)25-20-11-13-21(14-12-20)26-15-19-5-3-4-6-22(19)24(26)28/h3-14,16H,15H2,1-2H3,(H,25,27). The van der Waals surface area contributed by atoms with Crippen LogP contribution in [0, 0.1) is 0 Å². The van der Waals surface area contributed by atoms with Crippen LogP contribution in [0.3, 0.4) is 0 Å². The van der Waals surface area contributed by atoms with Crippen LogP contribution in [0.2, 0.25) is 0 Å². The number of hydrogen-bond donors (Lipinski definition) is 1. The minimum Gasteiger partial charge on any atom is -0.322 e. The first-order chi connectivity index (χ1) is 13.5. The van der Waals surface area contributed by atoms with E-state index < -0.39 is 0 Å². The molecule has 1 N–H and O–H groups in total. The number of anilines is 2. The molecule has 1 aliphatic heterocycles. The maximum Gasteiger partial charge on any atom is 0.258 e. The third kappa shape index (κ3) is 3.41. The Hall–Kier alpha value is -3.40. The van der Waals surface area contributed by atoms with E-state index in [2.05, 4.69) is 19.2 Å². The van der Waals surface area contributed by atoms with Gasteiger partial charge >= 0.3 is 0 Å². The molecule has 140 valence electrons. The fraction of sp³-hybridized carbons (Fsp3) is 0.167. The maximum atomic E-state index is 12.6. The van der Waals surface area contributed by atoms with Crippen LogP contribution < -0.4 is 10.2 Å². The van der Waals surface area contributed by atoms with Crippen LogP contribution in [0.5, 0.6) is 0 Å². The Balaban J connectivity index is 1.45. The van der Waals surface area contributed by atoms with Crippen molar-refractivity contribution in [3.05, 3.63) is 95.1 Å². The Bertz CT molecular complexity index is 1020. The molecule has 0 aromatic heterocycles. The van der Waals surface area contributed by atoms with Crippen LogP contribution in [-0.2, 0) is 6.54 Å². The molecule has 0 atom stereocenters. The number of nitrogens with zero attached hydrogens (tertiary/aromatic N) is 1. The second kappa shape index (κ2) is 7.31. The minimum atomic E-state index is -0.146. The molecular weight excluding hydrogens is 348 g/mol. The van der Waals surface area contributed by atoms with Crippen LogP contribution in [0.4, 0.5) is 11.4 Å². The lowest BCUT2D eigenvalue weighted by atomic mass is 10.0. The summed E-state index contributed by atoms with van der Waals surface area (Å²) in [5.74, 6) is 0.300. The van der Waals surface area contributed by atoms with Crippen molar-refractivity contribution in [2.24, 2.45) is 0 Å². The van der Waals surface area contributed by atoms with Crippen molar-refractivity contribution in [3.63, 3.8) is 0 Å². The molecule has 0 unspecified atom stereocenters. The first-order valence-corrected chi connectivity index (χ1v) is 9.44. The van der Waals surface area contributed by atoms with Crippen LogP contribution in [0.1, 0.15) is 51.6 Å². The van der Waals surface area contributed by atoms with Gasteiger partial charge in [0.25, 0.3) is 11.8 Å². The van der Waals surface area contributed by atoms with E-state index in [4.69, 9.17) is 0 Å². The molecule has 4 heteroatoms. The number of nitrogens with one attached hydrogen (secondary N) is 1. The van der Waals surface area contributed by atoms with Gasteiger partial charge in [-0.25, -0.2) is 0 Å². The molecule has 0 radical (unpaired) electrons. The van der Waals surface area contributed by atoms with Crippen molar-refractivity contribution in [2.75, 3.05) is 10.2 Å². The van der Waals surface area contributed by atoms with Gasteiger partial charge in [-0.05, 0) is 59.5 Å². The van der Waals surface area contributed by atoms with Crippen molar-refractivity contribution in [1.82, 2.24) is 0 Å². The molecule has 1 heterocycles. The third-order valence-electron chi connectivity index (χ3n) is 5.10. The van der Waals surface area contributed by atoms with E-state index in [1.54, 1.807) is 4.90 Å². The number of fused-ring (bicyclic) bond motifs is 1. The van der Waals surface area contributed by atoms with Gasteiger partial charge in [0.05, 0.1) is 6.54 Å². The Labute approximate surface area is 164 Å². The molecule has 0 saturated heterocycles. The highest BCUT2D eigenvalue weighted by Gasteiger charge is 2.27. The van der Waals surface area contributed by atoms with Gasteiger partial charge in [-0.15, -0.1) is 0 Å². The van der Waals surface area contributed by atoms with Crippen molar-refractivity contribution in [1.29, 1.82) is 0 Å². The zero-order valence-electron chi connectivity index (χ0n) is 16.0. The number of benzene rings is 3. The lowest BCUT2D eigenvalue weighted by Gasteiger charge is -2.16. The van der Waals surface area contributed by atoms with Gasteiger partial charge in [0.1, 0.15) is 0 Å². The first kappa shape index (κ1) is 18.0. The van der Waals surface area contributed by atoms with Crippen LogP contribution >= 0.6 is 0 Å². The molecule has 0 saturated carbocycles. The summed E-state index contributed by atoms with van der Waals surface area (Å²) in [6, 6.07) is 22.7. The van der Waals surface area contributed by atoms with Gasteiger partial charge in [-0.2, -0.15) is 0 Å². The normalized spacial score (nSPS) is 13.0. The van der Waals surface area contributed by atoms with E-state index in [-0.39, 0.29) is 11.8 Å². The van der Waals surface area contributed by atoms with Gasteiger partial charge < -0.3 is 10.2 Å². The summed E-state index contributed by atoms with van der Waals surface area (Å²) < 4.78 is 0. The zero-order chi connectivity index (χ0) is 19.7. The molecule has 4 nitrogen and oxygen atoms in total. The number of rotatable bonds is 4. The van der Waals surface area contributed by atoms with Gasteiger partial charge in [-0.1, -0.05) is 44.2 Å². The van der Waals surface area contributed by atoms with Crippen LogP contribution in [0.15, 0.2) is 72.8 Å². The topological polar surface area (TPSA) is 49.4 Å².